The first kappa shape index (κ1) is 13.7. The van der Waals surface area contributed by atoms with E-state index in [-0.39, 0.29) is 5.91 Å². The molecule has 23 heavy (non-hydrogen) atoms. The minimum absolute atomic E-state index is 0.0121. The molecule has 2 N–H and O–H groups in total. The molecule has 5 heteroatoms. The van der Waals surface area contributed by atoms with Crippen molar-refractivity contribution in [3.63, 3.8) is 0 Å². The van der Waals surface area contributed by atoms with Crippen LogP contribution in [-0.2, 0) is 6.54 Å². The maximum Gasteiger partial charge on any atom is 0.245 e. The largest absolute Gasteiger partial charge is 0.410 e. The highest BCUT2D eigenvalue weighted by atomic mass is 16.4. The van der Waals surface area contributed by atoms with Crippen LogP contribution in [0, 0.1) is 0 Å². The summed E-state index contributed by atoms with van der Waals surface area (Å²) < 4.78 is 1.67. The average molecular weight is 305 g/mol. The highest BCUT2D eigenvalue weighted by molar-refractivity contribution is 6.19. The van der Waals surface area contributed by atoms with E-state index in [1.165, 1.54) is 0 Å². The first-order valence-electron chi connectivity index (χ1n) is 7.44. The Morgan fingerprint density at radius 3 is 2.70 bits per heavy atom. The van der Waals surface area contributed by atoms with Crippen LogP contribution in [0.5, 0.6) is 0 Å². The van der Waals surface area contributed by atoms with Gasteiger partial charge in [0.1, 0.15) is 5.71 Å². The summed E-state index contributed by atoms with van der Waals surface area (Å²) in [6, 6.07) is 15.4. The van der Waals surface area contributed by atoms with Crippen molar-refractivity contribution >= 4 is 22.5 Å². The number of hydrogen-bond donors (Lipinski definition) is 2. The van der Waals surface area contributed by atoms with Gasteiger partial charge in [-0.05, 0) is 11.6 Å². The lowest BCUT2D eigenvalue weighted by atomic mass is 9.97. The Morgan fingerprint density at radius 1 is 1.09 bits per heavy atom. The predicted octanol–water partition coefficient (Wildman–Crippen LogP) is 2.61. The van der Waals surface area contributed by atoms with Gasteiger partial charge in [0.05, 0.1) is 12.1 Å². The molecule has 1 aliphatic rings. The number of nitrogens with zero attached hydrogens (tertiary/aromatic N) is 2. The van der Waals surface area contributed by atoms with Crippen LogP contribution in [0.2, 0.25) is 0 Å². The van der Waals surface area contributed by atoms with Crippen molar-refractivity contribution in [2.24, 2.45) is 5.16 Å². The fourth-order valence-corrected chi connectivity index (χ4v) is 3.14. The van der Waals surface area contributed by atoms with E-state index in [2.05, 4.69) is 10.5 Å². The molecule has 0 saturated heterocycles. The molecule has 2 aromatic carbocycles. The van der Waals surface area contributed by atoms with Crippen molar-refractivity contribution in [2.75, 3.05) is 6.54 Å². The Hall–Kier alpha value is -2.92. The van der Waals surface area contributed by atoms with Gasteiger partial charge >= 0.3 is 0 Å². The van der Waals surface area contributed by atoms with Gasteiger partial charge in [0.15, 0.2) is 0 Å². The molecule has 1 aromatic heterocycles. The van der Waals surface area contributed by atoms with Gasteiger partial charge < -0.3 is 10.5 Å². The lowest BCUT2D eigenvalue weighted by Gasteiger charge is -2.10. The molecule has 3 aromatic rings. The Balaban J connectivity index is 1.98. The third-order valence-corrected chi connectivity index (χ3v) is 4.19. The minimum atomic E-state index is 0.0121. The second kappa shape index (κ2) is 5.37. The van der Waals surface area contributed by atoms with Gasteiger partial charge in [0.25, 0.3) is 0 Å². The topological polar surface area (TPSA) is 66.6 Å². The molecular weight excluding hydrogens is 290 g/mol. The predicted molar refractivity (Wildman–Crippen MR) is 88.1 cm³/mol. The summed E-state index contributed by atoms with van der Waals surface area (Å²) in [6.07, 6.45) is 1.78. The highest BCUT2D eigenvalue weighted by Gasteiger charge is 2.20. The molecule has 2 heterocycles. The summed E-state index contributed by atoms with van der Waals surface area (Å²) in [5.74, 6) is 0.0121. The standard InChI is InChI=1S/C18H15N3O2/c22-16-11-19-10-13-6-7-14(15-8-9-21(16)18(13)15)17(20-23)12-4-2-1-3-5-12/h1-9,19,23H,10-11H2. The van der Waals surface area contributed by atoms with Gasteiger partial charge in [0, 0.05) is 29.3 Å². The second-order valence-electron chi connectivity index (χ2n) is 5.53. The number of benzene rings is 2. The molecule has 0 spiro atoms. The number of aromatic nitrogens is 1. The number of nitrogens with one attached hydrogen (secondary N) is 1. The maximum atomic E-state index is 12.2. The van der Waals surface area contributed by atoms with E-state index in [1.54, 1.807) is 10.8 Å². The number of carbonyl (C=O) groups excluding carboxylic acids is 1. The smallest absolute Gasteiger partial charge is 0.245 e. The number of carbonyl (C=O) groups is 1. The molecule has 0 atom stereocenters. The van der Waals surface area contributed by atoms with Gasteiger partial charge in [-0.1, -0.05) is 47.6 Å². The number of rotatable bonds is 2. The van der Waals surface area contributed by atoms with Crippen LogP contribution in [-0.4, -0.2) is 27.9 Å². The van der Waals surface area contributed by atoms with E-state index >= 15 is 0 Å². The molecule has 0 amide bonds. The fraction of sp³-hybridized carbons (Fsp3) is 0.111. The lowest BCUT2D eigenvalue weighted by molar-refractivity contribution is 0.0920. The molecule has 0 unspecified atom stereocenters. The fourth-order valence-electron chi connectivity index (χ4n) is 3.14. The third-order valence-electron chi connectivity index (χ3n) is 4.19. The molecule has 5 nitrogen and oxygen atoms in total. The van der Waals surface area contributed by atoms with Crippen molar-refractivity contribution < 1.29 is 10.0 Å². The van der Waals surface area contributed by atoms with Gasteiger partial charge in [-0.15, -0.1) is 0 Å². The molecule has 0 fully saturated rings. The van der Waals surface area contributed by atoms with Crippen LogP contribution in [0.4, 0.5) is 0 Å². The van der Waals surface area contributed by atoms with E-state index in [0.29, 0.717) is 18.8 Å². The van der Waals surface area contributed by atoms with E-state index in [1.807, 2.05) is 48.5 Å². The van der Waals surface area contributed by atoms with Crippen LogP contribution in [0.1, 0.15) is 21.5 Å². The second-order valence-corrected chi connectivity index (χ2v) is 5.53. The molecule has 0 aliphatic carbocycles. The first-order valence-corrected chi connectivity index (χ1v) is 7.44. The lowest BCUT2D eigenvalue weighted by Crippen LogP contribution is -2.23. The van der Waals surface area contributed by atoms with Crippen molar-refractivity contribution in [3.05, 3.63) is 71.4 Å². The SMILES string of the molecule is O=C1CNCc2ccc(C(=NO)c3ccccc3)c3ccn1c23. The first-order chi connectivity index (χ1) is 11.3. The van der Waals surface area contributed by atoms with Crippen molar-refractivity contribution in [2.45, 2.75) is 6.54 Å². The Labute approximate surface area is 132 Å². The average Bonchev–Trinajstić information content (AvgIpc) is 2.96. The zero-order chi connectivity index (χ0) is 15.8. The number of oxime groups is 1. The molecule has 114 valence electrons. The van der Waals surface area contributed by atoms with Crippen LogP contribution >= 0.6 is 0 Å². The monoisotopic (exact) mass is 305 g/mol. The van der Waals surface area contributed by atoms with Gasteiger partial charge in [0.2, 0.25) is 5.91 Å². The van der Waals surface area contributed by atoms with Crippen LogP contribution in [0.25, 0.3) is 10.9 Å². The highest BCUT2D eigenvalue weighted by Crippen LogP contribution is 2.27. The van der Waals surface area contributed by atoms with Crippen LogP contribution < -0.4 is 5.32 Å². The molecule has 1 aliphatic heterocycles. The van der Waals surface area contributed by atoms with Crippen molar-refractivity contribution in [3.8, 4) is 0 Å². The molecule has 0 saturated carbocycles. The normalized spacial score (nSPS) is 15.0. The quantitative estimate of drug-likeness (QED) is 0.434. The van der Waals surface area contributed by atoms with E-state index < -0.39 is 0 Å². The van der Waals surface area contributed by atoms with Gasteiger partial charge in [-0.2, -0.15) is 0 Å². The summed E-state index contributed by atoms with van der Waals surface area (Å²) in [6.45, 7) is 0.955. The maximum absolute atomic E-state index is 12.2. The number of hydrogen-bond acceptors (Lipinski definition) is 4. The summed E-state index contributed by atoms with van der Waals surface area (Å²) in [7, 11) is 0. The molecular formula is C18H15N3O2. The van der Waals surface area contributed by atoms with Gasteiger partial charge in [-0.3, -0.25) is 9.36 Å². The van der Waals surface area contributed by atoms with Crippen molar-refractivity contribution in [1.29, 1.82) is 0 Å². The van der Waals surface area contributed by atoms with Crippen LogP contribution in [0.15, 0.2) is 59.9 Å². The summed E-state index contributed by atoms with van der Waals surface area (Å²) in [5.41, 5.74) is 4.08. The molecule has 4 rings (SSSR count). The summed E-state index contributed by atoms with van der Waals surface area (Å²) in [5, 5.41) is 17.1. The van der Waals surface area contributed by atoms with E-state index in [4.69, 9.17) is 0 Å². The zero-order valence-corrected chi connectivity index (χ0v) is 12.4. The Kier molecular flexibility index (Phi) is 3.20. The third kappa shape index (κ3) is 2.13. The van der Waals surface area contributed by atoms with Crippen molar-refractivity contribution in [1.82, 2.24) is 9.88 Å². The summed E-state index contributed by atoms with van der Waals surface area (Å²) in [4.78, 5) is 12.2. The zero-order valence-electron chi connectivity index (χ0n) is 12.4. The molecule has 0 bridgehead atoms. The summed E-state index contributed by atoms with van der Waals surface area (Å²) >= 11 is 0. The van der Waals surface area contributed by atoms with E-state index in [9.17, 15) is 10.0 Å². The molecule has 0 radical (unpaired) electrons. The van der Waals surface area contributed by atoms with Crippen LogP contribution in [0.3, 0.4) is 0 Å². The van der Waals surface area contributed by atoms with Gasteiger partial charge in [-0.25, -0.2) is 0 Å². The Morgan fingerprint density at radius 2 is 1.91 bits per heavy atom. The Bertz CT molecular complexity index is 926. The minimum Gasteiger partial charge on any atom is -0.410 e. The van der Waals surface area contributed by atoms with E-state index in [0.717, 1.165) is 27.6 Å².